The smallest absolute Gasteiger partial charge is 0.141 e. The molecule has 0 amide bonds. The van der Waals surface area contributed by atoms with Crippen LogP contribution in [0.2, 0.25) is 0 Å². The standard InChI is InChI=1S/C12H11N3/c1-9-3-2-4-10(7-9)11-8-14-15-6-5-13-12(11)15/h2-8,13H,1H3. The molecule has 0 atom stereocenters. The summed E-state index contributed by atoms with van der Waals surface area (Å²) in [6.07, 6.45) is 5.69. The van der Waals surface area contributed by atoms with Crippen LogP contribution in [0, 0.1) is 6.92 Å². The van der Waals surface area contributed by atoms with Crippen LogP contribution in [0.25, 0.3) is 16.8 Å². The molecule has 3 nitrogen and oxygen atoms in total. The first-order valence-corrected chi connectivity index (χ1v) is 4.92. The van der Waals surface area contributed by atoms with E-state index in [9.17, 15) is 0 Å². The average molecular weight is 197 g/mol. The van der Waals surface area contributed by atoms with E-state index in [0.717, 1.165) is 11.2 Å². The second-order valence-electron chi connectivity index (χ2n) is 3.68. The molecule has 0 saturated heterocycles. The van der Waals surface area contributed by atoms with Gasteiger partial charge in [0.25, 0.3) is 0 Å². The molecule has 3 rings (SSSR count). The fraction of sp³-hybridized carbons (Fsp3) is 0.0833. The first kappa shape index (κ1) is 8.29. The fourth-order valence-corrected chi connectivity index (χ4v) is 1.83. The molecule has 0 saturated carbocycles. The fourth-order valence-electron chi connectivity index (χ4n) is 1.83. The minimum absolute atomic E-state index is 1.04. The van der Waals surface area contributed by atoms with Crippen molar-refractivity contribution < 1.29 is 0 Å². The lowest BCUT2D eigenvalue weighted by Gasteiger charge is -1.98. The highest BCUT2D eigenvalue weighted by Crippen LogP contribution is 2.23. The molecule has 1 N–H and O–H groups in total. The maximum atomic E-state index is 4.27. The lowest BCUT2D eigenvalue weighted by molar-refractivity contribution is 0.973. The molecule has 0 fully saturated rings. The average Bonchev–Trinajstić information content (AvgIpc) is 2.77. The number of aromatic nitrogens is 3. The summed E-state index contributed by atoms with van der Waals surface area (Å²) in [5.74, 6) is 0. The largest absolute Gasteiger partial charge is 0.345 e. The minimum Gasteiger partial charge on any atom is -0.345 e. The van der Waals surface area contributed by atoms with Crippen LogP contribution in [0.5, 0.6) is 0 Å². The maximum absolute atomic E-state index is 4.27. The van der Waals surface area contributed by atoms with Crippen LogP contribution in [0.15, 0.2) is 42.9 Å². The van der Waals surface area contributed by atoms with Crippen molar-refractivity contribution in [1.82, 2.24) is 14.6 Å². The number of H-pyrrole nitrogens is 1. The van der Waals surface area contributed by atoms with E-state index in [-0.39, 0.29) is 0 Å². The Hall–Kier alpha value is -2.03. The van der Waals surface area contributed by atoms with Crippen molar-refractivity contribution in [2.75, 3.05) is 0 Å². The molecule has 0 aliphatic carbocycles. The van der Waals surface area contributed by atoms with Gasteiger partial charge < -0.3 is 4.98 Å². The zero-order valence-corrected chi connectivity index (χ0v) is 8.44. The summed E-state index contributed by atoms with van der Waals surface area (Å²) in [5.41, 5.74) is 4.65. The third-order valence-electron chi connectivity index (χ3n) is 2.56. The number of hydrogen-bond donors (Lipinski definition) is 1. The summed E-state index contributed by atoms with van der Waals surface area (Å²) in [6, 6.07) is 8.43. The number of aromatic amines is 1. The highest BCUT2D eigenvalue weighted by Gasteiger charge is 2.06. The quantitative estimate of drug-likeness (QED) is 0.639. The Morgan fingerprint density at radius 2 is 2.27 bits per heavy atom. The molecule has 3 aromatic rings. The Morgan fingerprint density at radius 3 is 3.13 bits per heavy atom. The molecule has 2 aromatic heterocycles. The van der Waals surface area contributed by atoms with Gasteiger partial charge in [-0.1, -0.05) is 29.8 Å². The summed E-state index contributed by atoms with van der Waals surface area (Å²) in [5, 5.41) is 4.27. The Balaban J connectivity index is 2.26. The Labute approximate surface area is 87.4 Å². The molecule has 1 aromatic carbocycles. The maximum Gasteiger partial charge on any atom is 0.141 e. The van der Waals surface area contributed by atoms with Crippen molar-refractivity contribution in [2.24, 2.45) is 0 Å². The number of fused-ring (bicyclic) bond motifs is 1. The van der Waals surface area contributed by atoms with E-state index >= 15 is 0 Å². The molecular weight excluding hydrogens is 186 g/mol. The zero-order chi connectivity index (χ0) is 10.3. The topological polar surface area (TPSA) is 33.1 Å². The van der Waals surface area contributed by atoms with Gasteiger partial charge in [0.1, 0.15) is 5.65 Å². The van der Waals surface area contributed by atoms with Crippen LogP contribution < -0.4 is 0 Å². The minimum atomic E-state index is 1.04. The Morgan fingerprint density at radius 1 is 1.33 bits per heavy atom. The summed E-state index contributed by atoms with van der Waals surface area (Å²) in [4.78, 5) is 3.19. The summed E-state index contributed by atoms with van der Waals surface area (Å²) in [6.45, 7) is 2.10. The van der Waals surface area contributed by atoms with Gasteiger partial charge in [-0.05, 0) is 12.5 Å². The molecule has 0 bridgehead atoms. The van der Waals surface area contributed by atoms with Crippen molar-refractivity contribution in [2.45, 2.75) is 6.92 Å². The van der Waals surface area contributed by atoms with Crippen LogP contribution in [0.3, 0.4) is 0 Å². The molecule has 0 aliphatic heterocycles. The number of rotatable bonds is 1. The molecular formula is C12H11N3. The Kier molecular flexibility index (Phi) is 1.65. The second-order valence-corrected chi connectivity index (χ2v) is 3.68. The van der Waals surface area contributed by atoms with Crippen molar-refractivity contribution in [1.29, 1.82) is 0 Å². The molecule has 3 heteroatoms. The third kappa shape index (κ3) is 1.24. The molecule has 74 valence electrons. The van der Waals surface area contributed by atoms with E-state index in [2.05, 4.69) is 41.3 Å². The third-order valence-corrected chi connectivity index (χ3v) is 2.56. The van der Waals surface area contributed by atoms with Crippen molar-refractivity contribution in [3.63, 3.8) is 0 Å². The van der Waals surface area contributed by atoms with Crippen LogP contribution in [-0.2, 0) is 0 Å². The number of benzene rings is 1. The lowest BCUT2D eigenvalue weighted by atomic mass is 10.1. The van der Waals surface area contributed by atoms with E-state index in [0.29, 0.717) is 0 Å². The summed E-state index contributed by atoms with van der Waals surface area (Å²) in [7, 11) is 0. The molecule has 15 heavy (non-hydrogen) atoms. The number of aryl methyl sites for hydroxylation is 1. The van der Waals surface area contributed by atoms with Gasteiger partial charge in [0.15, 0.2) is 0 Å². The first-order chi connectivity index (χ1) is 7.34. The van der Waals surface area contributed by atoms with E-state index in [1.165, 1.54) is 11.1 Å². The van der Waals surface area contributed by atoms with E-state index in [1.807, 2.05) is 23.1 Å². The van der Waals surface area contributed by atoms with Crippen LogP contribution >= 0.6 is 0 Å². The van der Waals surface area contributed by atoms with Crippen molar-refractivity contribution in [3.8, 4) is 11.1 Å². The van der Waals surface area contributed by atoms with Crippen LogP contribution in [0.4, 0.5) is 0 Å². The predicted molar refractivity (Wildman–Crippen MR) is 59.7 cm³/mol. The molecule has 0 spiro atoms. The summed E-state index contributed by atoms with van der Waals surface area (Å²) < 4.78 is 1.84. The van der Waals surface area contributed by atoms with E-state index in [1.54, 1.807) is 0 Å². The van der Waals surface area contributed by atoms with Gasteiger partial charge in [0.05, 0.1) is 6.20 Å². The molecule has 0 aliphatic rings. The summed E-state index contributed by atoms with van der Waals surface area (Å²) >= 11 is 0. The normalized spacial score (nSPS) is 11.0. The van der Waals surface area contributed by atoms with Gasteiger partial charge in [-0.2, -0.15) is 5.10 Å². The lowest BCUT2D eigenvalue weighted by Crippen LogP contribution is -1.79. The number of hydrogen-bond acceptors (Lipinski definition) is 1. The van der Waals surface area contributed by atoms with E-state index in [4.69, 9.17) is 0 Å². The molecule has 2 heterocycles. The predicted octanol–water partition coefficient (Wildman–Crippen LogP) is 2.64. The van der Waals surface area contributed by atoms with Crippen LogP contribution in [0.1, 0.15) is 5.56 Å². The zero-order valence-electron chi connectivity index (χ0n) is 8.44. The van der Waals surface area contributed by atoms with Gasteiger partial charge in [-0.3, -0.25) is 0 Å². The SMILES string of the molecule is Cc1cccc(-c2cnn3cc[nH]c23)c1. The van der Waals surface area contributed by atoms with E-state index < -0.39 is 0 Å². The van der Waals surface area contributed by atoms with Crippen molar-refractivity contribution in [3.05, 3.63) is 48.4 Å². The van der Waals surface area contributed by atoms with Gasteiger partial charge in [0, 0.05) is 18.0 Å². The van der Waals surface area contributed by atoms with Gasteiger partial charge in [-0.25, -0.2) is 4.52 Å². The molecule has 0 radical (unpaired) electrons. The monoisotopic (exact) mass is 197 g/mol. The number of nitrogens with one attached hydrogen (secondary N) is 1. The van der Waals surface area contributed by atoms with Gasteiger partial charge in [0.2, 0.25) is 0 Å². The first-order valence-electron chi connectivity index (χ1n) is 4.92. The van der Waals surface area contributed by atoms with Crippen molar-refractivity contribution >= 4 is 5.65 Å². The van der Waals surface area contributed by atoms with Crippen LogP contribution in [-0.4, -0.2) is 14.6 Å². The number of nitrogens with zero attached hydrogens (tertiary/aromatic N) is 2. The highest BCUT2D eigenvalue weighted by atomic mass is 15.2. The van der Waals surface area contributed by atoms with Gasteiger partial charge in [-0.15, -0.1) is 0 Å². The Bertz CT molecular complexity index is 604. The number of imidazole rings is 1. The highest BCUT2D eigenvalue weighted by molar-refractivity contribution is 5.77. The van der Waals surface area contributed by atoms with Gasteiger partial charge >= 0.3 is 0 Å². The second kappa shape index (κ2) is 2.98. The molecule has 0 unspecified atom stereocenters.